The van der Waals surface area contributed by atoms with Crippen LogP contribution in [0.4, 0.5) is 11.4 Å². The van der Waals surface area contributed by atoms with Crippen LogP contribution in [0.3, 0.4) is 0 Å². The molecular weight excluding hydrogens is 204 g/mol. The first-order chi connectivity index (χ1) is 7.65. The third-order valence-corrected chi connectivity index (χ3v) is 2.73. The van der Waals surface area contributed by atoms with Crippen LogP contribution in [0.5, 0.6) is 0 Å². The van der Waals surface area contributed by atoms with Gasteiger partial charge in [-0.15, -0.1) is 0 Å². The fourth-order valence-electron chi connectivity index (χ4n) is 2.08. The number of esters is 1. The lowest BCUT2D eigenvalue weighted by atomic mass is 10.1. The van der Waals surface area contributed by atoms with E-state index in [9.17, 15) is 4.79 Å². The van der Waals surface area contributed by atoms with E-state index in [1.54, 1.807) is 0 Å². The second kappa shape index (κ2) is 4.04. The minimum atomic E-state index is -0.249. The zero-order valence-corrected chi connectivity index (χ0v) is 9.86. The first kappa shape index (κ1) is 10.8. The van der Waals surface area contributed by atoms with E-state index < -0.39 is 0 Å². The van der Waals surface area contributed by atoms with E-state index in [4.69, 9.17) is 4.74 Å². The molecule has 0 saturated heterocycles. The van der Waals surface area contributed by atoms with Crippen LogP contribution in [0.1, 0.15) is 17.3 Å². The quantitative estimate of drug-likeness (QED) is 0.710. The Morgan fingerprint density at radius 3 is 2.81 bits per heavy atom. The second-order valence-corrected chi connectivity index (χ2v) is 3.93. The first-order valence-electron chi connectivity index (χ1n) is 5.37. The van der Waals surface area contributed by atoms with Crippen LogP contribution < -0.4 is 9.80 Å². The molecule has 1 aliphatic rings. The Morgan fingerprint density at radius 2 is 2.12 bits per heavy atom. The first-order valence-corrected chi connectivity index (χ1v) is 5.37. The van der Waals surface area contributed by atoms with Crippen LogP contribution in [-0.2, 0) is 4.74 Å². The van der Waals surface area contributed by atoms with Gasteiger partial charge in [0, 0.05) is 14.1 Å². The van der Waals surface area contributed by atoms with Gasteiger partial charge in [0.15, 0.2) is 0 Å². The van der Waals surface area contributed by atoms with Crippen molar-refractivity contribution >= 4 is 17.3 Å². The molecule has 1 aliphatic heterocycles. The van der Waals surface area contributed by atoms with Crippen molar-refractivity contribution in [1.82, 2.24) is 0 Å². The molecule has 0 bridgehead atoms. The molecule has 0 unspecified atom stereocenters. The lowest BCUT2D eigenvalue weighted by molar-refractivity contribution is 0.0527. The molecule has 0 atom stereocenters. The summed E-state index contributed by atoms with van der Waals surface area (Å²) in [5.41, 5.74) is 2.68. The molecule has 2 rings (SSSR count). The predicted octanol–water partition coefficient (Wildman–Crippen LogP) is 1.71. The number of rotatable bonds is 2. The van der Waals surface area contributed by atoms with E-state index in [0.717, 1.165) is 18.0 Å². The van der Waals surface area contributed by atoms with E-state index in [1.807, 2.05) is 39.2 Å². The molecule has 0 spiro atoms. The van der Waals surface area contributed by atoms with Gasteiger partial charge >= 0.3 is 5.97 Å². The number of para-hydroxylation sites is 1. The van der Waals surface area contributed by atoms with Crippen molar-refractivity contribution in [2.24, 2.45) is 0 Å². The molecule has 0 radical (unpaired) electrons. The Labute approximate surface area is 95.4 Å². The van der Waals surface area contributed by atoms with Gasteiger partial charge in [-0.2, -0.15) is 0 Å². The lowest BCUT2D eigenvalue weighted by Crippen LogP contribution is -2.24. The summed E-state index contributed by atoms with van der Waals surface area (Å²) in [5, 5.41) is 0. The smallest absolute Gasteiger partial charge is 0.340 e. The molecule has 0 fully saturated rings. The molecular formula is C12H16N2O2. The minimum absolute atomic E-state index is 0.249. The number of nitrogens with zero attached hydrogens (tertiary/aromatic N) is 2. The molecule has 1 aromatic carbocycles. The maximum Gasteiger partial charge on any atom is 0.340 e. The normalized spacial score (nSPS) is 13.9. The third kappa shape index (κ3) is 1.60. The Hall–Kier alpha value is -1.71. The summed E-state index contributed by atoms with van der Waals surface area (Å²) in [4.78, 5) is 16.0. The Kier molecular flexibility index (Phi) is 2.73. The van der Waals surface area contributed by atoms with Crippen molar-refractivity contribution in [2.75, 3.05) is 37.2 Å². The standard InChI is InChI=1S/C12H16N2O2/c1-4-16-12(15)9-6-5-7-10-11(9)14(3)8-13(10)2/h5-7H,4,8H2,1-3H3. The maximum absolute atomic E-state index is 11.8. The highest BCUT2D eigenvalue weighted by molar-refractivity contribution is 6.00. The largest absolute Gasteiger partial charge is 0.462 e. The predicted molar refractivity (Wildman–Crippen MR) is 64.1 cm³/mol. The fourth-order valence-corrected chi connectivity index (χ4v) is 2.08. The van der Waals surface area contributed by atoms with Gasteiger partial charge in [-0.25, -0.2) is 4.79 Å². The number of carbonyl (C=O) groups is 1. The minimum Gasteiger partial charge on any atom is -0.462 e. The summed E-state index contributed by atoms with van der Waals surface area (Å²) in [7, 11) is 3.99. The highest BCUT2D eigenvalue weighted by Gasteiger charge is 2.26. The van der Waals surface area contributed by atoms with E-state index in [1.165, 1.54) is 0 Å². The zero-order valence-electron chi connectivity index (χ0n) is 9.86. The van der Waals surface area contributed by atoms with Crippen molar-refractivity contribution in [3.8, 4) is 0 Å². The van der Waals surface area contributed by atoms with E-state index in [-0.39, 0.29) is 5.97 Å². The number of anilines is 2. The summed E-state index contributed by atoms with van der Waals surface area (Å²) in [6.45, 7) is 3.02. The number of hydrogen-bond acceptors (Lipinski definition) is 4. The molecule has 4 nitrogen and oxygen atoms in total. The summed E-state index contributed by atoms with van der Waals surface area (Å²) in [6.07, 6.45) is 0. The Morgan fingerprint density at radius 1 is 1.38 bits per heavy atom. The van der Waals surface area contributed by atoms with Crippen LogP contribution >= 0.6 is 0 Å². The Bertz CT molecular complexity index is 417. The topological polar surface area (TPSA) is 32.8 Å². The van der Waals surface area contributed by atoms with Gasteiger partial charge < -0.3 is 14.5 Å². The number of hydrogen-bond donors (Lipinski definition) is 0. The van der Waals surface area contributed by atoms with Gasteiger partial charge in [-0.3, -0.25) is 0 Å². The number of carbonyl (C=O) groups excluding carboxylic acids is 1. The Balaban J connectivity index is 2.45. The molecule has 16 heavy (non-hydrogen) atoms. The molecule has 0 aromatic heterocycles. The average molecular weight is 220 g/mol. The third-order valence-electron chi connectivity index (χ3n) is 2.73. The van der Waals surface area contributed by atoms with E-state index in [2.05, 4.69) is 9.80 Å². The molecule has 1 heterocycles. The molecule has 4 heteroatoms. The maximum atomic E-state index is 11.8. The summed E-state index contributed by atoms with van der Waals surface area (Å²) >= 11 is 0. The highest BCUT2D eigenvalue weighted by atomic mass is 16.5. The number of fused-ring (bicyclic) bond motifs is 1. The molecule has 86 valence electrons. The van der Waals surface area contributed by atoms with Gasteiger partial charge in [0.25, 0.3) is 0 Å². The summed E-state index contributed by atoms with van der Waals surface area (Å²) < 4.78 is 5.05. The summed E-state index contributed by atoms with van der Waals surface area (Å²) in [6, 6.07) is 5.72. The molecule has 0 aliphatic carbocycles. The van der Waals surface area contributed by atoms with Crippen LogP contribution in [0.15, 0.2) is 18.2 Å². The summed E-state index contributed by atoms with van der Waals surface area (Å²) in [5.74, 6) is -0.249. The molecule has 1 aromatic rings. The van der Waals surface area contributed by atoms with Crippen molar-refractivity contribution in [3.05, 3.63) is 23.8 Å². The van der Waals surface area contributed by atoms with Crippen LogP contribution in [0.2, 0.25) is 0 Å². The van der Waals surface area contributed by atoms with Crippen LogP contribution in [-0.4, -0.2) is 33.3 Å². The number of ether oxygens (including phenoxy) is 1. The SMILES string of the molecule is CCOC(=O)c1cccc2c1N(C)CN2C. The zero-order chi connectivity index (χ0) is 11.7. The van der Waals surface area contributed by atoms with Gasteiger partial charge in [0.05, 0.1) is 30.2 Å². The number of benzene rings is 1. The van der Waals surface area contributed by atoms with Crippen molar-refractivity contribution in [1.29, 1.82) is 0 Å². The average Bonchev–Trinajstić information content (AvgIpc) is 2.55. The highest BCUT2D eigenvalue weighted by Crippen LogP contribution is 2.37. The van der Waals surface area contributed by atoms with Gasteiger partial charge in [0.1, 0.15) is 0 Å². The van der Waals surface area contributed by atoms with Crippen molar-refractivity contribution in [3.63, 3.8) is 0 Å². The molecule has 0 amide bonds. The van der Waals surface area contributed by atoms with Gasteiger partial charge in [0.2, 0.25) is 0 Å². The van der Waals surface area contributed by atoms with Gasteiger partial charge in [-0.1, -0.05) is 6.07 Å². The molecule has 0 saturated carbocycles. The molecule has 0 N–H and O–H groups in total. The second-order valence-electron chi connectivity index (χ2n) is 3.93. The van der Waals surface area contributed by atoms with Crippen molar-refractivity contribution < 1.29 is 9.53 Å². The monoisotopic (exact) mass is 220 g/mol. The van der Waals surface area contributed by atoms with E-state index in [0.29, 0.717) is 12.2 Å². The van der Waals surface area contributed by atoms with Crippen LogP contribution in [0.25, 0.3) is 0 Å². The van der Waals surface area contributed by atoms with Crippen LogP contribution in [0, 0.1) is 0 Å². The van der Waals surface area contributed by atoms with Gasteiger partial charge in [-0.05, 0) is 19.1 Å². The van der Waals surface area contributed by atoms with Crippen molar-refractivity contribution in [2.45, 2.75) is 6.92 Å². The van der Waals surface area contributed by atoms with E-state index >= 15 is 0 Å². The fraction of sp³-hybridized carbons (Fsp3) is 0.417. The lowest BCUT2D eigenvalue weighted by Gasteiger charge is -2.14.